The van der Waals surface area contributed by atoms with Crippen molar-refractivity contribution in [2.45, 2.75) is 0 Å². The van der Waals surface area contributed by atoms with Gasteiger partial charge in [-0.05, 0) is 0 Å². The number of hydrogen-bond acceptors (Lipinski definition) is 3. The van der Waals surface area contributed by atoms with E-state index in [0.29, 0.717) is 0 Å². The molecule has 0 radical (unpaired) electrons. The van der Waals surface area contributed by atoms with Crippen LogP contribution in [0.4, 0.5) is 0 Å². The Morgan fingerprint density at radius 1 is 0.378 bits per heavy atom. The van der Waals surface area contributed by atoms with Crippen LogP contribution in [0.3, 0.4) is 0 Å². The first kappa shape index (κ1) is 8.75. The van der Waals surface area contributed by atoms with E-state index in [2.05, 4.69) is 15.0 Å². The van der Waals surface area contributed by atoms with Crippen LogP contribution < -0.4 is 10.5 Å². The summed E-state index contributed by atoms with van der Waals surface area (Å²) in [4.78, 5) is 11.8. The van der Waals surface area contributed by atoms with E-state index in [0.717, 1.165) is 0 Å². The molecule has 176 valence electrons. The fraction of sp³-hybridized carbons (Fsp3) is 0. The third-order valence-electron chi connectivity index (χ3n) is 4.79. The summed E-state index contributed by atoms with van der Waals surface area (Å²) in [6.45, 7) is 0. The Bertz CT molecular complexity index is 2630. The fourth-order valence-corrected chi connectivity index (χ4v) is 9.97. The van der Waals surface area contributed by atoms with Gasteiger partial charge in [-0.15, -0.1) is 0 Å². The van der Waals surface area contributed by atoms with E-state index in [4.69, 9.17) is 28.8 Å². The molecule has 3 heterocycles. The van der Waals surface area contributed by atoms with Crippen molar-refractivity contribution in [3.8, 4) is 33.8 Å². The zero-order valence-electron chi connectivity index (χ0n) is 42.3. The van der Waals surface area contributed by atoms with Crippen LogP contribution in [0.1, 0.15) is 32.9 Å². The summed E-state index contributed by atoms with van der Waals surface area (Å²) in [6.07, 6.45) is -2.84. The van der Waals surface area contributed by atoms with Gasteiger partial charge in [0.2, 0.25) is 0 Å². The van der Waals surface area contributed by atoms with Gasteiger partial charge in [0.1, 0.15) is 0 Å². The van der Waals surface area contributed by atoms with Crippen LogP contribution in [-0.4, -0.2) is 35.2 Å². The van der Waals surface area contributed by atoms with Crippen LogP contribution in [0.2, 0.25) is 0 Å². The molecule has 0 aliphatic rings. The molecule has 0 amide bonds. The van der Waals surface area contributed by atoms with Gasteiger partial charge < -0.3 is 0 Å². The average molecular weight is 608 g/mol. The standard InChI is InChI=1S/3C11H8N.Sb/c3*1-2-6-10(7-3-1)11-8-4-5-9-12-11;/h3*1-6,8-9H;/i3*1D,2D,3D,4D,5D,6D,8D,9D;. The summed E-state index contributed by atoms with van der Waals surface area (Å²) >= 11 is -5.66. The Morgan fingerprint density at radius 3 is 1.03 bits per heavy atom. The average Bonchev–Trinajstić information content (AvgIpc) is 3.23. The molecule has 0 bridgehead atoms. The van der Waals surface area contributed by atoms with E-state index in [1.54, 1.807) is 0 Å². The number of nitrogens with zero attached hydrogens (tertiary/aromatic N) is 3. The molecule has 0 spiro atoms. The molecule has 0 fully saturated rings. The van der Waals surface area contributed by atoms with E-state index in [-0.39, 0.29) is 0 Å². The summed E-state index contributed by atoms with van der Waals surface area (Å²) in [5, 5.41) is 0. The quantitative estimate of drug-likeness (QED) is 0.238. The number of benzene rings is 3. The molecule has 0 atom stereocenters. The van der Waals surface area contributed by atoms with Gasteiger partial charge in [0, 0.05) is 0 Å². The van der Waals surface area contributed by atoms with Crippen molar-refractivity contribution in [3.63, 3.8) is 0 Å². The van der Waals surface area contributed by atoms with E-state index in [9.17, 15) is 4.11 Å². The van der Waals surface area contributed by atoms with E-state index >= 15 is 0 Å². The number of hydrogen-bond donors (Lipinski definition) is 0. The minimum atomic E-state index is -5.66. The Morgan fingerprint density at radius 2 is 0.676 bits per heavy atom. The topological polar surface area (TPSA) is 38.7 Å². The van der Waals surface area contributed by atoms with Crippen molar-refractivity contribution in [2.24, 2.45) is 0 Å². The predicted molar refractivity (Wildman–Crippen MR) is 154 cm³/mol. The summed E-state index contributed by atoms with van der Waals surface area (Å²) < 4.78 is 207. The van der Waals surface area contributed by atoms with Gasteiger partial charge in [-0.3, -0.25) is 0 Å². The molecule has 3 aromatic carbocycles. The van der Waals surface area contributed by atoms with Crippen molar-refractivity contribution in [1.82, 2.24) is 15.0 Å². The number of rotatable bonds is 6. The second kappa shape index (κ2) is 10.9. The van der Waals surface area contributed by atoms with Crippen molar-refractivity contribution in [2.75, 3.05) is 0 Å². The molecule has 3 nitrogen and oxygen atoms in total. The Labute approximate surface area is 258 Å². The molecule has 0 aliphatic carbocycles. The number of aromatic nitrogens is 3. The van der Waals surface area contributed by atoms with Crippen LogP contribution >= 0.6 is 0 Å². The van der Waals surface area contributed by atoms with Gasteiger partial charge >= 0.3 is 258 Å². The van der Waals surface area contributed by atoms with Crippen LogP contribution in [-0.2, 0) is 0 Å². The van der Waals surface area contributed by atoms with Crippen molar-refractivity contribution in [1.29, 1.82) is 0 Å². The summed E-state index contributed by atoms with van der Waals surface area (Å²) in [5.41, 5.74) is -4.89. The van der Waals surface area contributed by atoms with Gasteiger partial charge in [0.25, 0.3) is 0 Å². The van der Waals surface area contributed by atoms with Crippen LogP contribution in [0.25, 0.3) is 33.8 Å². The third kappa shape index (κ3) is 4.83. The van der Waals surface area contributed by atoms with Gasteiger partial charge in [-0.25, -0.2) is 0 Å². The minimum absolute atomic E-state index is 0.731. The van der Waals surface area contributed by atoms with Gasteiger partial charge in [0.05, 0.1) is 0 Å². The van der Waals surface area contributed by atoms with Gasteiger partial charge in [0.15, 0.2) is 0 Å². The second-order valence-electron chi connectivity index (χ2n) is 6.85. The zero-order chi connectivity index (χ0) is 45.8. The molecule has 37 heavy (non-hydrogen) atoms. The molecule has 6 aromatic rings. The molecule has 4 heteroatoms. The van der Waals surface area contributed by atoms with Crippen molar-refractivity contribution < 1.29 is 32.9 Å². The first-order valence-electron chi connectivity index (χ1n) is 22.3. The van der Waals surface area contributed by atoms with E-state index in [1.807, 2.05) is 0 Å². The Balaban J connectivity index is 2.06. The third-order valence-corrected chi connectivity index (χ3v) is 11.5. The van der Waals surface area contributed by atoms with E-state index in [1.165, 1.54) is 0 Å². The predicted octanol–water partition coefficient (Wildman–Crippen LogP) is 5.39. The molecule has 0 saturated heterocycles. The SMILES string of the molecule is [2H]c1nc(-c2c([2H])c([2H])c([2H])c([2H])[c]2[Sb]([c]2c([2H])c([2H])c([2H])c([2H])c2-c2nc([2H])c([2H])c([2H])c2[2H])[c]2c([2H])c([2H])c([2H])c([2H])c2-c2nc([2H])c([2H])c([2H])c2[2H])c([2H])c([2H])c1[2H]. The normalized spacial score (nSPS) is 20.0. The molecular weight excluding hydrogens is 560 g/mol. The maximum atomic E-state index is 9.42. The van der Waals surface area contributed by atoms with Crippen LogP contribution in [0, 0.1) is 0 Å². The molecule has 0 unspecified atom stereocenters. The molecule has 0 aliphatic heterocycles. The van der Waals surface area contributed by atoms with Crippen molar-refractivity contribution >= 4 is 30.7 Å². The summed E-state index contributed by atoms with van der Waals surface area (Å²) in [7, 11) is 0. The first-order valence-corrected chi connectivity index (χ1v) is 14.1. The van der Waals surface area contributed by atoms with Gasteiger partial charge in [-0.2, -0.15) is 0 Å². The van der Waals surface area contributed by atoms with Gasteiger partial charge in [-0.1, -0.05) is 0 Å². The first-order chi connectivity index (χ1) is 28.3. The molecule has 0 N–H and O–H groups in total. The second-order valence-corrected chi connectivity index (χ2v) is 12.6. The Kier molecular flexibility index (Phi) is 2.58. The van der Waals surface area contributed by atoms with E-state index < -0.39 is 210 Å². The zero-order valence-corrected chi connectivity index (χ0v) is 20.8. The molecular formula is C33H24N3Sb. The number of pyridine rings is 3. The molecule has 0 saturated carbocycles. The Hall–Kier alpha value is -4.07. The fourth-order valence-electron chi connectivity index (χ4n) is 3.32. The van der Waals surface area contributed by atoms with Crippen LogP contribution in [0.5, 0.6) is 0 Å². The summed E-state index contributed by atoms with van der Waals surface area (Å²) in [6, 6.07) is -20.6. The molecule has 3 aromatic heterocycles. The van der Waals surface area contributed by atoms with Crippen LogP contribution in [0.15, 0.2) is 145 Å². The molecule has 6 rings (SSSR count). The van der Waals surface area contributed by atoms with Crippen molar-refractivity contribution in [3.05, 3.63) is 145 Å². The summed E-state index contributed by atoms with van der Waals surface area (Å²) in [5.74, 6) is 0. The maximum absolute atomic E-state index is 9.42. The monoisotopic (exact) mass is 607 g/mol.